The Morgan fingerprint density at radius 1 is 0.850 bits per heavy atom. The van der Waals surface area contributed by atoms with Crippen molar-refractivity contribution in [1.29, 1.82) is 0 Å². The Kier molecular flexibility index (Phi) is 14.9. The second kappa shape index (κ2) is 15.0. The van der Waals surface area contributed by atoms with E-state index in [-0.39, 0.29) is 93.2 Å². The van der Waals surface area contributed by atoms with E-state index in [1.54, 1.807) is 0 Å². The fraction of sp³-hybridized carbons (Fsp3) is 0. The monoisotopic (exact) mass is 701 g/mol. The van der Waals surface area contributed by atoms with E-state index < -0.39 is 84.5 Å². The van der Waals surface area contributed by atoms with Crippen LogP contribution in [0, 0.1) is 0 Å². The van der Waals surface area contributed by atoms with Gasteiger partial charge in [0.1, 0.15) is 25.6 Å². The van der Waals surface area contributed by atoms with Crippen molar-refractivity contribution >= 4 is 80.0 Å². The first-order valence-electron chi connectivity index (χ1n) is 9.25. The minimum Gasteiger partial charge on any atom is -0.870 e. The summed E-state index contributed by atoms with van der Waals surface area (Å²) in [5, 5.41) is 31.2. The van der Waals surface area contributed by atoms with Crippen LogP contribution in [-0.4, -0.2) is 44.8 Å². The van der Waals surface area contributed by atoms with Gasteiger partial charge in [0.15, 0.2) is 0 Å². The van der Waals surface area contributed by atoms with Crippen LogP contribution in [0.15, 0.2) is 83.4 Å². The summed E-state index contributed by atoms with van der Waals surface area (Å²) in [6.45, 7) is 3.28. The molecule has 40 heavy (non-hydrogen) atoms. The van der Waals surface area contributed by atoms with E-state index in [0.29, 0.717) is 18.2 Å². The first kappa shape index (κ1) is 39.7. The average Bonchev–Trinajstić information content (AvgIpc) is 2.76. The molecule has 21 heteroatoms. The van der Waals surface area contributed by atoms with Crippen LogP contribution in [0.25, 0.3) is 10.8 Å². The standard InChI is InChI=1S/C19H14BrN3O11S3.3Na/c1-9(20)19(25)21-13-8-11(35(26,27)28)6-10-7-15(37(32,33)34)17(18(24)16(10)13)23-22-12-4-2-3-5-14(12)36(29,30)31;;;/h2-8,24H,1H2,(H,21,25)(H,26,27,28)(H,29,30,31)(H,32,33,34);;;/q;3*+1/p-3. The molecule has 0 atom stereocenters. The van der Waals surface area contributed by atoms with Crippen molar-refractivity contribution in [3.8, 4) is 5.75 Å². The van der Waals surface area contributed by atoms with Crippen molar-refractivity contribution in [2.45, 2.75) is 14.7 Å². The summed E-state index contributed by atoms with van der Waals surface area (Å²) in [5.74, 6) is -2.44. The van der Waals surface area contributed by atoms with Gasteiger partial charge in [0.25, 0.3) is 20.2 Å². The Bertz CT molecular complexity index is 1870. The van der Waals surface area contributed by atoms with Gasteiger partial charge in [-0.1, -0.05) is 40.4 Å². The molecule has 2 N–H and O–H groups in total. The van der Waals surface area contributed by atoms with Crippen molar-refractivity contribution in [2.75, 3.05) is 0 Å². The molecule has 3 aromatic rings. The van der Waals surface area contributed by atoms with Gasteiger partial charge in [0, 0.05) is 15.8 Å². The molecule has 0 amide bonds. The third-order valence-corrected chi connectivity index (χ3v) is 7.43. The predicted molar refractivity (Wildman–Crippen MR) is 127 cm³/mol. The van der Waals surface area contributed by atoms with Gasteiger partial charge in [-0.3, -0.25) is 14.1 Å². The third-order valence-electron chi connectivity index (χ3n) is 4.51. The first-order valence-corrected chi connectivity index (χ1v) is 14.3. The number of azo groups is 1. The summed E-state index contributed by atoms with van der Waals surface area (Å²) < 4.78 is 101. The van der Waals surface area contributed by atoms with Gasteiger partial charge in [0.2, 0.25) is 0 Å². The van der Waals surface area contributed by atoms with Crippen LogP contribution in [0.5, 0.6) is 5.75 Å². The van der Waals surface area contributed by atoms with E-state index in [2.05, 4.69) is 37.7 Å². The Labute approximate surface area is 302 Å². The SMILES string of the molecule is C=C(Br)C([O-])=Nc1cc(S(=O)(=O)[O-])cc2cc(S(=O)(=O)O)c(N=Nc3ccccc3S(=O)(=O)O)c([O-])c12.[Na+].[Na+].[Na+]. The molecule has 14 nitrogen and oxygen atoms in total. The van der Waals surface area contributed by atoms with E-state index in [4.69, 9.17) is 0 Å². The Morgan fingerprint density at radius 2 is 1.40 bits per heavy atom. The van der Waals surface area contributed by atoms with E-state index >= 15 is 0 Å². The van der Waals surface area contributed by atoms with Crippen molar-refractivity contribution in [3.63, 3.8) is 0 Å². The maximum absolute atomic E-state index is 13.3. The second-order valence-electron chi connectivity index (χ2n) is 6.99. The Balaban J connectivity index is 0.00000507. The number of rotatable bonds is 7. The number of hydrogen-bond acceptors (Lipinski definition) is 12. The molecule has 0 aromatic heterocycles. The summed E-state index contributed by atoms with van der Waals surface area (Å²) in [6, 6.07) is 6.29. The molecule has 0 saturated carbocycles. The van der Waals surface area contributed by atoms with Crippen molar-refractivity contribution in [2.24, 2.45) is 15.2 Å². The molecule has 0 aliphatic rings. The van der Waals surface area contributed by atoms with Gasteiger partial charge in [0.05, 0.1) is 16.3 Å². The van der Waals surface area contributed by atoms with Gasteiger partial charge in [-0.15, -0.1) is 10.2 Å². The van der Waals surface area contributed by atoms with Crippen LogP contribution in [0.4, 0.5) is 17.1 Å². The van der Waals surface area contributed by atoms with Crippen LogP contribution in [0.1, 0.15) is 0 Å². The van der Waals surface area contributed by atoms with Crippen molar-refractivity contribution < 1.29 is 138 Å². The van der Waals surface area contributed by atoms with Crippen LogP contribution in [0.3, 0.4) is 0 Å². The van der Waals surface area contributed by atoms with Gasteiger partial charge in [-0.25, -0.2) is 8.42 Å². The summed E-state index contributed by atoms with van der Waals surface area (Å²) >= 11 is 2.75. The minimum absolute atomic E-state index is 0. The molecule has 196 valence electrons. The van der Waals surface area contributed by atoms with Crippen molar-refractivity contribution in [3.05, 3.63) is 53.5 Å². The quantitative estimate of drug-likeness (QED) is 0.0770. The van der Waals surface area contributed by atoms with Gasteiger partial charge in [-0.2, -0.15) is 16.8 Å². The minimum atomic E-state index is -5.26. The zero-order valence-corrected chi connectivity index (χ0v) is 30.8. The van der Waals surface area contributed by atoms with Gasteiger partial charge in [-0.05, 0) is 35.7 Å². The van der Waals surface area contributed by atoms with Crippen LogP contribution in [0.2, 0.25) is 0 Å². The number of benzene rings is 3. The van der Waals surface area contributed by atoms with Gasteiger partial charge >= 0.3 is 88.7 Å². The maximum atomic E-state index is 13.3. The molecule has 0 heterocycles. The van der Waals surface area contributed by atoms with Crippen LogP contribution in [-0.2, 0) is 30.4 Å². The molecule has 0 unspecified atom stereocenters. The molecule has 0 saturated heterocycles. The molecule has 3 rings (SSSR count). The first-order chi connectivity index (χ1) is 16.9. The molecule has 0 aliphatic carbocycles. The van der Waals surface area contributed by atoms with Crippen LogP contribution < -0.4 is 98.9 Å². The van der Waals surface area contributed by atoms with E-state index in [1.165, 1.54) is 12.1 Å². The van der Waals surface area contributed by atoms with E-state index in [0.717, 1.165) is 12.1 Å². The third kappa shape index (κ3) is 9.37. The molecular formula is C19H11BrN3Na3O11S3. The molecule has 0 spiro atoms. The van der Waals surface area contributed by atoms with Gasteiger partial charge < -0.3 is 14.8 Å². The topological polar surface area (TPSA) is 249 Å². The molecule has 3 aromatic carbocycles. The molecule has 0 bridgehead atoms. The predicted octanol–water partition coefficient (Wildman–Crippen LogP) is -6.96. The number of fused-ring (bicyclic) bond motifs is 1. The molecular weight excluding hydrogens is 691 g/mol. The van der Waals surface area contributed by atoms with E-state index in [1.807, 2.05) is 0 Å². The molecule has 0 aliphatic heterocycles. The van der Waals surface area contributed by atoms with Crippen molar-refractivity contribution in [1.82, 2.24) is 0 Å². The zero-order chi connectivity index (χ0) is 27.9. The summed E-state index contributed by atoms with van der Waals surface area (Å²) in [6.07, 6.45) is 0. The summed E-state index contributed by atoms with van der Waals surface area (Å²) in [5.41, 5.74) is -2.28. The fourth-order valence-electron chi connectivity index (χ4n) is 2.98. The number of aliphatic imine (C=N–C) groups is 1. The fourth-order valence-corrected chi connectivity index (χ4v) is 4.87. The normalized spacial score (nSPS) is 12.3. The largest absolute Gasteiger partial charge is 1.00 e. The smallest absolute Gasteiger partial charge is 0.870 e. The van der Waals surface area contributed by atoms with Crippen LogP contribution >= 0.6 is 15.9 Å². The molecule has 0 fully saturated rings. The zero-order valence-electron chi connectivity index (χ0n) is 20.8. The van der Waals surface area contributed by atoms with E-state index in [9.17, 15) is 49.1 Å². The Hall–Kier alpha value is -0.260. The number of hydrogen-bond donors (Lipinski definition) is 2. The number of halogens is 1. The molecule has 0 radical (unpaired) electrons. The Morgan fingerprint density at radius 3 is 1.90 bits per heavy atom. The average molecular weight is 702 g/mol. The number of nitrogens with zero attached hydrogens (tertiary/aromatic N) is 3. The summed E-state index contributed by atoms with van der Waals surface area (Å²) in [4.78, 5) is 0.610. The maximum Gasteiger partial charge on any atom is 1.00 e. The summed E-state index contributed by atoms with van der Waals surface area (Å²) in [7, 11) is -15.3. The second-order valence-corrected chi connectivity index (χ2v) is 12.1.